The van der Waals surface area contributed by atoms with Gasteiger partial charge in [-0.3, -0.25) is 9.59 Å². The number of nitrogens with zero attached hydrogens (tertiary/aromatic N) is 4. The van der Waals surface area contributed by atoms with Crippen LogP contribution >= 0.6 is 11.6 Å². The average Bonchev–Trinajstić information content (AvgIpc) is 3.63. The van der Waals surface area contributed by atoms with Crippen LogP contribution in [0.25, 0.3) is 11.0 Å². The number of amides is 2. The third-order valence-electron chi connectivity index (χ3n) is 6.37. The van der Waals surface area contributed by atoms with E-state index in [1.807, 2.05) is 0 Å². The molecule has 2 aliphatic rings. The minimum absolute atomic E-state index is 0.00437. The van der Waals surface area contributed by atoms with Gasteiger partial charge in [0.15, 0.2) is 5.75 Å². The Morgan fingerprint density at radius 2 is 1.89 bits per heavy atom. The summed E-state index contributed by atoms with van der Waals surface area (Å²) in [5, 5.41) is 15.2. The van der Waals surface area contributed by atoms with E-state index >= 15 is 0 Å². The predicted octanol–water partition coefficient (Wildman–Crippen LogP) is 3.14. The molecule has 0 spiro atoms. The Balaban J connectivity index is 1.39. The molecular formula is C24H25ClN6O5. The zero-order valence-corrected chi connectivity index (χ0v) is 20.1. The lowest BCUT2D eigenvalue weighted by atomic mass is 10.0. The number of imidazole rings is 1. The number of ether oxygens (including phenoxy) is 1. The lowest BCUT2D eigenvalue weighted by molar-refractivity contribution is -0.116. The normalized spacial score (nSPS) is 16.6. The van der Waals surface area contributed by atoms with Crippen molar-refractivity contribution in [3.8, 4) is 5.75 Å². The topological polar surface area (TPSA) is 139 Å². The SMILES string of the molecule is O=C(Cn1c(C(=O)NC2CCN(C3CC3)CC2)nc2c(OC(=O)O)cccc21)Nc1ccc(Cl)cn1. The van der Waals surface area contributed by atoms with E-state index in [-0.39, 0.29) is 29.7 Å². The van der Waals surface area contributed by atoms with Crippen molar-refractivity contribution in [2.45, 2.75) is 44.3 Å². The molecule has 1 saturated heterocycles. The summed E-state index contributed by atoms with van der Waals surface area (Å²) in [5.41, 5.74) is 0.563. The van der Waals surface area contributed by atoms with Gasteiger partial charge < -0.3 is 29.9 Å². The molecule has 1 saturated carbocycles. The fourth-order valence-electron chi connectivity index (χ4n) is 4.51. The molecule has 0 radical (unpaired) electrons. The summed E-state index contributed by atoms with van der Waals surface area (Å²) in [6, 6.07) is 8.50. The molecular weight excluding hydrogens is 488 g/mol. The summed E-state index contributed by atoms with van der Waals surface area (Å²) in [6.45, 7) is 1.61. The molecule has 3 aromatic rings. The second-order valence-electron chi connectivity index (χ2n) is 8.94. The Labute approximate surface area is 211 Å². The standard InChI is InChI=1S/C24H25ClN6O5/c25-14-4-7-19(26-12-14)28-20(32)13-31-17-2-1-3-18(36-24(34)35)21(17)29-22(31)23(33)27-15-8-10-30(11-9-15)16-5-6-16/h1-4,7,12,15-16H,5-6,8-11,13H2,(H,27,33)(H,34,35)(H,26,28,32). The van der Waals surface area contributed by atoms with Gasteiger partial charge in [0.2, 0.25) is 11.7 Å². The number of halogens is 1. The molecule has 2 amide bonds. The van der Waals surface area contributed by atoms with Gasteiger partial charge in [0, 0.05) is 31.4 Å². The number of hydrogen-bond acceptors (Lipinski definition) is 7. The first kappa shape index (κ1) is 24.0. The number of pyridine rings is 1. The van der Waals surface area contributed by atoms with Gasteiger partial charge in [0.25, 0.3) is 5.91 Å². The summed E-state index contributed by atoms with van der Waals surface area (Å²) in [5.74, 6) is -0.604. The number of anilines is 1. The number of carbonyl (C=O) groups is 3. The number of aromatic nitrogens is 3. The molecule has 11 nitrogen and oxygen atoms in total. The maximum Gasteiger partial charge on any atom is 0.511 e. The summed E-state index contributed by atoms with van der Waals surface area (Å²) >= 11 is 5.85. The minimum Gasteiger partial charge on any atom is -0.449 e. The number of fused-ring (bicyclic) bond motifs is 1. The third kappa shape index (κ3) is 5.42. The highest BCUT2D eigenvalue weighted by atomic mass is 35.5. The second-order valence-corrected chi connectivity index (χ2v) is 9.37. The first-order chi connectivity index (χ1) is 17.4. The number of nitrogens with one attached hydrogen (secondary N) is 2. The number of carboxylic acid groups (broad SMARTS) is 1. The van der Waals surface area contributed by atoms with E-state index in [1.165, 1.54) is 29.7 Å². The van der Waals surface area contributed by atoms with Crippen molar-refractivity contribution in [1.82, 2.24) is 24.8 Å². The molecule has 0 bridgehead atoms. The molecule has 1 aliphatic heterocycles. The Hall–Kier alpha value is -3.70. The maximum atomic E-state index is 13.3. The summed E-state index contributed by atoms with van der Waals surface area (Å²) in [7, 11) is 0. The van der Waals surface area contributed by atoms with Gasteiger partial charge >= 0.3 is 6.16 Å². The van der Waals surface area contributed by atoms with Gasteiger partial charge in [-0.25, -0.2) is 14.8 Å². The van der Waals surface area contributed by atoms with Crippen LogP contribution in [-0.2, 0) is 11.3 Å². The largest absolute Gasteiger partial charge is 0.511 e. The number of likely N-dealkylation sites (tertiary alicyclic amines) is 1. The molecule has 12 heteroatoms. The highest BCUT2D eigenvalue weighted by Crippen LogP contribution is 2.30. The zero-order chi connectivity index (χ0) is 25.2. The predicted molar refractivity (Wildman–Crippen MR) is 131 cm³/mol. The van der Waals surface area contributed by atoms with Gasteiger partial charge in [-0.1, -0.05) is 17.7 Å². The highest BCUT2D eigenvalue weighted by molar-refractivity contribution is 6.30. The van der Waals surface area contributed by atoms with Gasteiger partial charge in [-0.2, -0.15) is 0 Å². The van der Waals surface area contributed by atoms with E-state index in [4.69, 9.17) is 21.4 Å². The number of carbonyl (C=O) groups excluding carboxylic acids is 2. The highest BCUT2D eigenvalue weighted by Gasteiger charge is 2.33. The van der Waals surface area contributed by atoms with Crippen LogP contribution in [0.3, 0.4) is 0 Å². The molecule has 36 heavy (non-hydrogen) atoms. The van der Waals surface area contributed by atoms with E-state index in [2.05, 4.69) is 25.5 Å². The number of hydrogen-bond donors (Lipinski definition) is 3. The molecule has 2 aromatic heterocycles. The van der Waals surface area contributed by atoms with Crippen LogP contribution in [0.15, 0.2) is 36.5 Å². The lowest BCUT2D eigenvalue weighted by Gasteiger charge is -2.32. The maximum absolute atomic E-state index is 13.3. The van der Waals surface area contributed by atoms with E-state index in [9.17, 15) is 14.4 Å². The Kier molecular flexibility index (Phi) is 6.75. The van der Waals surface area contributed by atoms with Crippen molar-refractivity contribution in [3.05, 3.63) is 47.4 Å². The van der Waals surface area contributed by atoms with Gasteiger partial charge in [-0.05, 0) is 49.9 Å². The lowest BCUT2D eigenvalue weighted by Crippen LogP contribution is -2.45. The van der Waals surface area contributed by atoms with Crippen LogP contribution < -0.4 is 15.4 Å². The van der Waals surface area contributed by atoms with Crippen molar-refractivity contribution in [2.75, 3.05) is 18.4 Å². The minimum atomic E-state index is -1.50. The van der Waals surface area contributed by atoms with Gasteiger partial charge in [0.1, 0.15) is 17.9 Å². The van der Waals surface area contributed by atoms with Crippen molar-refractivity contribution in [2.24, 2.45) is 0 Å². The number of piperidine rings is 1. The van der Waals surface area contributed by atoms with E-state index in [0.29, 0.717) is 22.4 Å². The van der Waals surface area contributed by atoms with E-state index in [1.54, 1.807) is 24.3 Å². The second kappa shape index (κ2) is 10.1. The van der Waals surface area contributed by atoms with E-state index in [0.717, 1.165) is 25.9 Å². The van der Waals surface area contributed by atoms with E-state index < -0.39 is 18.0 Å². The molecule has 5 rings (SSSR count). The van der Waals surface area contributed by atoms with Crippen molar-refractivity contribution in [3.63, 3.8) is 0 Å². The van der Waals surface area contributed by atoms with Crippen LogP contribution in [-0.4, -0.2) is 67.7 Å². The van der Waals surface area contributed by atoms with Crippen molar-refractivity contribution >= 4 is 46.4 Å². The molecule has 3 N–H and O–H groups in total. The monoisotopic (exact) mass is 512 g/mol. The number of para-hydroxylation sites is 1. The molecule has 3 heterocycles. The molecule has 2 fully saturated rings. The first-order valence-electron chi connectivity index (χ1n) is 11.7. The smallest absolute Gasteiger partial charge is 0.449 e. The van der Waals surface area contributed by atoms with Crippen LogP contribution in [0.4, 0.5) is 10.6 Å². The van der Waals surface area contributed by atoms with Crippen LogP contribution in [0.2, 0.25) is 5.02 Å². The molecule has 0 atom stereocenters. The average molecular weight is 513 g/mol. The summed E-state index contributed by atoms with van der Waals surface area (Å²) in [6.07, 6.45) is 4.06. The molecule has 1 aliphatic carbocycles. The van der Waals surface area contributed by atoms with Crippen molar-refractivity contribution < 1.29 is 24.2 Å². The molecule has 1 aromatic carbocycles. The Morgan fingerprint density at radius 1 is 1.11 bits per heavy atom. The summed E-state index contributed by atoms with van der Waals surface area (Å²) < 4.78 is 6.31. The number of benzene rings is 1. The zero-order valence-electron chi connectivity index (χ0n) is 19.3. The van der Waals surface area contributed by atoms with Crippen LogP contribution in [0.5, 0.6) is 5.75 Å². The molecule has 0 unspecified atom stereocenters. The third-order valence-corrected chi connectivity index (χ3v) is 6.59. The van der Waals surface area contributed by atoms with Gasteiger partial charge in [0.05, 0.1) is 10.5 Å². The number of rotatable bonds is 7. The van der Waals surface area contributed by atoms with Gasteiger partial charge in [-0.15, -0.1) is 0 Å². The van der Waals surface area contributed by atoms with Crippen molar-refractivity contribution in [1.29, 1.82) is 0 Å². The Bertz CT molecular complexity index is 1300. The fraction of sp³-hybridized carbons (Fsp3) is 0.375. The van der Waals surface area contributed by atoms with Crippen LogP contribution in [0, 0.1) is 0 Å². The summed E-state index contributed by atoms with van der Waals surface area (Å²) in [4.78, 5) is 48.2. The molecule has 188 valence electrons. The first-order valence-corrected chi connectivity index (χ1v) is 12.1. The van der Waals surface area contributed by atoms with Crippen LogP contribution in [0.1, 0.15) is 36.3 Å². The fourth-order valence-corrected chi connectivity index (χ4v) is 4.62. The quantitative estimate of drug-likeness (QED) is 0.324. The Morgan fingerprint density at radius 3 is 2.56 bits per heavy atom.